The second-order valence-electron chi connectivity index (χ2n) is 4.55. The van der Waals surface area contributed by atoms with Crippen LogP contribution in [0.25, 0.3) is 0 Å². The van der Waals surface area contributed by atoms with E-state index in [1.165, 1.54) is 5.56 Å². The SMILES string of the molecule is CC(C)c1ccc(N2C[C@H](CO)OC2=O)cc1. The Morgan fingerprint density at radius 2 is 2.06 bits per heavy atom. The van der Waals surface area contributed by atoms with Gasteiger partial charge < -0.3 is 9.84 Å². The van der Waals surface area contributed by atoms with Crippen molar-refractivity contribution in [1.29, 1.82) is 0 Å². The Kier molecular flexibility index (Phi) is 3.33. The molecule has 0 aromatic heterocycles. The number of anilines is 1. The largest absolute Gasteiger partial charge is 0.441 e. The maximum Gasteiger partial charge on any atom is 0.414 e. The molecule has 1 aromatic rings. The van der Waals surface area contributed by atoms with Gasteiger partial charge in [0, 0.05) is 5.69 Å². The first-order valence-electron chi connectivity index (χ1n) is 5.80. The number of amides is 1. The fourth-order valence-electron chi connectivity index (χ4n) is 1.87. The molecule has 1 aromatic carbocycles. The first kappa shape index (κ1) is 11.9. The summed E-state index contributed by atoms with van der Waals surface area (Å²) in [6, 6.07) is 7.85. The van der Waals surface area contributed by atoms with Crippen molar-refractivity contribution < 1.29 is 14.6 Å². The molecule has 4 nitrogen and oxygen atoms in total. The Labute approximate surface area is 101 Å². The number of nitrogens with zero attached hydrogens (tertiary/aromatic N) is 1. The fraction of sp³-hybridized carbons (Fsp3) is 0.462. The monoisotopic (exact) mass is 235 g/mol. The number of aliphatic hydroxyl groups excluding tert-OH is 1. The van der Waals surface area contributed by atoms with Crippen LogP contribution >= 0.6 is 0 Å². The maximum atomic E-state index is 11.6. The smallest absolute Gasteiger partial charge is 0.414 e. The lowest BCUT2D eigenvalue weighted by Crippen LogP contribution is -2.25. The van der Waals surface area contributed by atoms with Gasteiger partial charge in [-0.3, -0.25) is 4.90 Å². The van der Waals surface area contributed by atoms with Gasteiger partial charge in [-0.25, -0.2) is 4.79 Å². The lowest BCUT2D eigenvalue weighted by molar-refractivity contribution is 0.0963. The fourth-order valence-corrected chi connectivity index (χ4v) is 1.87. The minimum absolute atomic E-state index is 0.133. The highest BCUT2D eigenvalue weighted by Crippen LogP contribution is 2.24. The van der Waals surface area contributed by atoms with Crippen LogP contribution in [0.1, 0.15) is 25.3 Å². The van der Waals surface area contributed by atoms with Gasteiger partial charge in [-0.15, -0.1) is 0 Å². The standard InChI is InChI=1S/C13H17NO3/c1-9(2)10-3-5-11(6-4-10)14-7-12(8-15)17-13(14)16/h3-6,9,12,15H,7-8H2,1-2H3/t12-/m1/s1. The molecular formula is C13H17NO3. The van der Waals surface area contributed by atoms with Crippen LogP contribution in [0.2, 0.25) is 0 Å². The Morgan fingerprint density at radius 1 is 1.41 bits per heavy atom. The number of hydrogen-bond donors (Lipinski definition) is 1. The molecule has 1 amide bonds. The van der Waals surface area contributed by atoms with E-state index in [2.05, 4.69) is 13.8 Å². The Morgan fingerprint density at radius 3 is 2.53 bits per heavy atom. The summed E-state index contributed by atoms with van der Waals surface area (Å²) >= 11 is 0. The molecule has 0 radical (unpaired) electrons. The molecule has 2 rings (SSSR count). The maximum absolute atomic E-state index is 11.6. The van der Waals surface area contributed by atoms with Gasteiger partial charge in [-0.1, -0.05) is 26.0 Å². The number of benzene rings is 1. The number of carbonyl (C=O) groups excluding carboxylic acids is 1. The number of carbonyl (C=O) groups is 1. The van der Waals surface area contributed by atoms with Gasteiger partial charge in [0.1, 0.15) is 6.10 Å². The molecule has 17 heavy (non-hydrogen) atoms. The number of rotatable bonds is 3. The van der Waals surface area contributed by atoms with Crippen LogP contribution in [0, 0.1) is 0 Å². The zero-order chi connectivity index (χ0) is 12.4. The van der Waals surface area contributed by atoms with Gasteiger partial charge in [0.25, 0.3) is 0 Å². The third-order valence-electron chi connectivity index (χ3n) is 2.95. The van der Waals surface area contributed by atoms with Crippen LogP contribution in [-0.4, -0.2) is 30.5 Å². The Hall–Kier alpha value is -1.55. The molecule has 0 spiro atoms. The first-order chi connectivity index (χ1) is 8.11. The molecule has 1 aliphatic rings. The molecule has 92 valence electrons. The summed E-state index contributed by atoms with van der Waals surface area (Å²) in [7, 11) is 0. The van der Waals surface area contributed by atoms with E-state index in [1.807, 2.05) is 24.3 Å². The average Bonchev–Trinajstić information content (AvgIpc) is 2.71. The van der Waals surface area contributed by atoms with Crippen LogP contribution in [0.3, 0.4) is 0 Å². The number of ether oxygens (including phenoxy) is 1. The molecule has 4 heteroatoms. The van der Waals surface area contributed by atoms with E-state index in [1.54, 1.807) is 4.90 Å². The highest BCUT2D eigenvalue weighted by molar-refractivity contribution is 5.89. The van der Waals surface area contributed by atoms with Crippen LogP contribution in [-0.2, 0) is 4.74 Å². The van der Waals surface area contributed by atoms with Crippen molar-refractivity contribution in [2.75, 3.05) is 18.1 Å². The minimum Gasteiger partial charge on any atom is -0.441 e. The van der Waals surface area contributed by atoms with Crippen LogP contribution in [0.5, 0.6) is 0 Å². The van der Waals surface area contributed by atoms with Crippen molar-refractivity contribution in [2.45, 2.75) is 25.9 Å². The van der Waals surface area contributed by atoms with Crippen LogP contribution < -0.4 is 4.90 Å². The molecule has 1 N–H and O–H groups in total. The number of hydrogen-bond acceptors (Lipinski definition) is 3. The lowest BCUT2D eigenvalue weighted by atomic mass is 10.0. The summed E-state index contributed by atoms with van der Waals surface area (Å²) in [5.41, 5.74) is 2.05. The van der Waals surface area contributed by atoms with Crippen molar-refractivity contribution >= 4 is 11.8 Å². The predicted molar refractivity (Wildman–Crippen MR) is 65.2 cm³/mol. The molecule has 0 unspecified atom stereocenters. The molecule has 1 atom stereocenters. The summed E-state index contributed by atoms with van der Waals surface area (Å²) in [5.74, 6) is 0.472. The number of cyclic esters (lactones) is 1. The molecule has 0 bridgehead atoms. The van der Waals surface area contributed by atoms with Crippen molar-refractivity contribution in [3.05, 3.63) is 29.8 Å². The zero-order valence-electron chi connectivity index (χ0n) is 10.1. The summed E-state index contributed by atoms with van der Waals surface area (Å²) in [6.07, 6.45) is -0.798. The van der Waals surface area contributed by atoms with Crippen molar-refractivity contribution in [3.8, 4) is 0 Å². The third-order valence-corrected chi connectivity index (χ3v) is 2.95. The molecule has 1 saturated heterocycles. The van der Waals surface area contributed by atoms with Gasteiger partial charge in [0.05, 0.1) is 13.2 Å². The molecule has 1 aliphatic heterocycles. The van der Waals surface area contributed by atoms with Crippen molar-refractivity contribution in [3.63, 3.8) is 0 Å². The van der Waals surface area contributed by atoms with E-state index in [-0.39, 0.29) is 12.7 Å². The van der Waals surface area contributed by atoms with E-state index >= 15 is 0 Å². The second kappa shape index (κ2) is 4.75. The van der Waals surface area contributed by atoms with Gasteiger partial charge in [-0.05, 0) is 23.6 Å². The molecule has 1 heterocycles. The molecular weight excluding hydrogens is 218 g/mol. The average molecular weight is 235 g/mol. The van der Waals surface area contributed by atoms with Gasteiger partial charge in [0.2, 0.25) is 0 Å². The summed E-state index contributed by atoms with van der Waals surface area (Å²) in [5, 5.41) is 8.96. The lowest BCUT2D eigenvalue weighted by Gasteiger charge is -2.14. The van der Waals surface area contributed by atoms with E-state index < -0.39 is 6.10 Å². The van der Waals surface area contributed by atoms with Crippen LogP contribution in [0.15, 0.2) is 24.3 Å². The van der Waals surface area contributed by atoms with E-state index in [9.17, 15) is 4.79 Å². The summed E-state index contributed by atoms with van der Waals surface area (Å²) in [4.78, 5) is 13.1. The Bertz CT molecular complexity index is 400. The van der Waals surface area contributed by atoms with Gasteiger partial charge in [0.15, 0.2) is 0 Å². The summed E-state index contributed by atoms with van der Waals surface area (Å²) < 4.78 is 4.99. The zero-order valence-corrected chi connectivity index (χ0v) is 10.1. The third kappa shape index (κ3) is 2.42. The highest BCUT2D eigenvalue weighted by Gasteiger charge is 2.31. The topological polar surface area (TPSA) is 49.8 Å². The molecule has 1 fully saturated rings. The molecule has 0 saturated carbocycles. The van der Waals surface area contributed by atoms with Gasteiger partial charge in [-0.2, -0.15) is 0 Å². The summed E-state index contributed by atoms with van der Waals surface area (Å²) in [6.45, 7) is 4.53. The van der Waals surface area contributed by atoms with Crippen molar-refractivity contribution in [1.82, 2.24) is 0 Å². The molecule has 0 aliphatic carbocycles. The minimum atomic E-state index is -0.410. The quantitative estimate of drug-likeness (QED) is 0.873. The van der Waals surface area contributed by atoms with E-state index in [4.69, 9.17) is 9.84 Å². The number of aliphatic hydroxyl groups is 1. The second-order valence-corrected chi connectivity index (χ2v) is 4.55. The van der Waals surface area contributed by atoms with E-state index in [0.717, 1.165) is 5.69 Å². The van der Waals surface area contributed by atoms with Crippen LogP contribution in [0.4, 0.5) is 10.5 Å². The first-order valence-corrected chi connectivity index (χ1v) is 5.80. The Balaban J connectivity index is 2.15. The van der Waals surface area contributed by atoms with E-state index in [0.29, 0.717) is 12.5 Å². The normalized spacial score (nSPS) is 19.9. The van der Waals surface area contributed by atoms with Crippen molar-refractivity contribution in [2.24, 2.45) is 0 Å². The van der Waals surface area contributed by atoms with Gasteiger partial charge >= 0.3 is 6.09 Å². The predicted octanol–water partition coefficient (Wildman–Crippen LogP) is 2.13. The highest BCUT2D eigenvalue weighted by atomic mass is 16.6.